The Bertz CT molecular complexity index is 1300. The van der Waals surface area contributed by atoms with Gasteiger partial charge in [0.2, 0.25) is 0 Å². The molecule has 0 aliphatic carbocycles. The zero-order valence-electron chi connectivity index (χ0n) is 21.2. The van der Waals surface area contributed by atoms with Crippen molar-refractivity contribution in [3.63, 3.8) is 0 Å². The van der Waals surface area contributed by atoms with Crippen LogP contribution in [-0.4, -0.2) is 35.4 Å². The Morgan fingerprint density at radius 3 is 2.50 bits per heavy atom. The number of aliphatic hydroxyl groups is 1. The minimum Gasteiger partial charge on any atom is -0.507 e. The van der Waals surface area contributed by atoms with Gasteiger partial charge in [-0.3, -0.25) is 9.59 Å². The van der Waals surface area contributed by atoms with E-state index < -0.39 is 17.7 Å². The molecule has 2 aromatic carbocycles. The van der Waals surface area contributed by atoms with Gasteiger partial charge in [0.15, 0.2) is 0 Å². The summed E-state index contributed by atoms with van der Waals surface area (Å²) in [5, 5.41) is 13.4. The number of Topliss-reactive ketones (excluding diaryl/α,β-unsaturated/α-hetero) is 1. The van der Waals surface area contributed by atoms with Gasteiger partial charge >= 0.3 is 0 Å². The molecule has 1 fully saturated rings. The maximum Gasteiger partial charge on any atom is 0.295 e. The lowest BCUT2D eigenvalue weighted by Gasteiger charge is -2.25. The van der Waals surface area contributed by atoms with Crippen LogP contribution in [0.5, 0.6) is 11.5 Å². The van der Waals surface area contributed by atoms with Crippen LogP contribution in [-0.2, 0) is 21.5 Å². The van der Waals surface area contributed by atoms with Gasteiger partial charge in [-0.1, -0.05) is 39.0 Å². The molecule has 1 aromatic heterocycles. The molecule has 36 heavy (non-hydrogen) atoms. The highest BCUT2D eigenvalue weighted by Crippen LogP contribution is 2.43. The lowest BCUT2D eigenvalue weighted by molar-refractivity contribution is -0.140. The Kier molecular flexibility index (Phi) is 7.22. The van der Waals surface area contributed by atoms with Gasteiger partial charge in [-0.25, -0.2) is 0 Å². The van der Waals surface area contributed by atoms with Crippen LogP contribution >= 0.6 is 11.3 Å². The average molecular weight is 506 g/mol. The minimum absolute atomic E-state index is 0.0920. The fourth-order valence-corrected chi connectivity index (χ4v) is 5.30. The van der Waals surface area contributed by atoms with E-state index in [9.17, 15) is 14.7 Å². The van der Waals surface area contributed by atoms with Crippen LogP contribution in [0.25, 0.3) is 5.76 Å². The molecule has 1 saturated heterocycles. The van der Waals surface area contributed by atoms with Crippen LogP contribution in [0.4, 0.5) is 0 Å². The number of benzene rings is 2. The third-order valence-electron chi connectivity index (χ3n) is 6.20. The lowest BCUT2D eigenvalue weighted by Crippen LogP contribution is -2.28. The predicted molar refractivity (Wildman–Crippen MR) is 141 cm³/mol. The first-order valence-electron chi connectivity index (χ1n) is 11.9. The Hall–Kier alpha value is -3.58. The number of carbonyl (C=O) groups is 2. The Labute approximate surface area is 215 Å². The van der Waals surface area contributed by atoms with Crippen molar-refractivity contribution in [3.8, 4) is 11.5 Å². The quantitative estimate of drug-likeness (QED) is 0.239. The van der Waals surface area contributed by atoms with E-state index in [1.165, 1.54) is 16.2 Å². The van der Waals surface area contributed by atoms with E-state index in [-0.39, 0.29) is 23.3 Å². The fraction of sp³-hybridized carbons (Fsp3) is 0.310. The molecule has 6 nitrogen and oxygen atoms in total. The highest BCUT2D eigenvalue weighted by Gasteiger charge is 2.46. The Balaban J connectivity index is 1.83. The first kappa shape index (κ1) is 25.5. The monoisotopic (exact) mass is 505 g/mol. The van der Waals surface area contributed by atoms with Crippen molar-refractivity contribution >= 4 is 28.8 Å². The van der Waals surface area contributed by atoms with Crippen LogP contribution in [0.15, 0.2) is 65.6 Å². The third kappa shape index (κ3) is 4.88. The molecule has 0 saturated carbocycles. The number of aliphatic hydroxyl groups excluding tert-OH is 1. The first-order chi connectivity index (χ1) is 17.2. The second-order valence-electron chi connectivity index (χ2n) is 9.69. The molecule has 0 radical (unpaired) electrons. The van der Waals surface area contributed by atoms with Crippen LogP contribution < -0.4 is 9.47 Å². The van der Waals surface area contributed by atoms with Gasteiger partial charge in [-0.15, -0.1) is 11.3 Å². The van der Waals surface area contributed by atoms with Crippen molar-refractivity contribution in [2.75, 3.05) is 13.7 Å². The van der Waals surface area contributed by atoms with E-state index in [1.54, 1.807) is 13.2 Å². The van der Waals surface area contributed by atoms with E-state index >= 15 is 0 Å². The number of ketones is 1. The normalized spacial score (nSPS) is 17.5. The van der Waals surface area contributed by atoms with Gasteiger partial charge in [0, 0.05) is 22.5 Å². The first-order valence-corrected chi connectivity index (χ1v) is 12.8. The standard InChI is InChI=1S/C29H31NO5S/c1-6-35-22-13-12-19(16-21(22)29(2,3)4)26(31)24-25(23-11-8-14-36-23)30(28(33)27(24)32)17-18-9-7-10-20(15-18)34-5/h7-16,25,31H,6,17H2,1-5H3/b26-24-. The summed E-state index contributed by atoms with van der Waals surface area (Å²) in [6.45, 7) is 8.83. The van der Waals surface area contributed by atoms with Gasteiger partial charge in [-0.05, 0) is 59.7 Å². The number of carbonyl (C=O) groups excluding carboxylic acids is 2. The number of thiophene rings is 1. The average Bonchev–Trinajstić information content (AvgIpc) is 3.46. The molecule has 0 spiro atoms. The summed E-state index contributed by atoms with van der Waals surface area (Å²) in [6.07, 6.45) is 0. The molecular formula is C29H31NO5S. The highest BCUT2D eigenvalue weighted by atomic mass is 32.1. The zero-order valence-corrected chi connectivity index (χ0v) is 22.0. The molecule has 4 rings (SSSR count). The van der Waals surface area contributed by atoms with E-state index in [4.69, 9.17) is 9.47 Å². The lowest BCUT2D eigenvalue weighted by atomic mass is 9.84. The van der Waals surface area contributed by atoms with Gasteiger partial charge in [0.25, 0.3) is 11.7 Å². The number of nitrogens with zero attached hydrogens (tertiary/aromatic N) is 1. The van der Waals surface area contributed by atoms with Crippen molar-refractivity contribution in [2.24, 2.45) is 0 Å². The van der Waals surface area contributed by atoms with Gasteiger partial charge in [0.05, 0.1) is 25.3 Å². The van der Waals surface area contributed by atoms with Gasteiger partial charge in [0.1, 0.15) is 17.3 Å². The molecule has 1 N–H and O–H groups in total. The number of hydrogen-bond donors (Lipinski definition) is 1. The number of rotatable bonds is 7. The smallest absolute Gasteiger partial charge is 0.295 e. The molecular weight excluding hydrogens is 474 g/mol. The van der Waals surface area contributed by atoms with E-state index in [0.29, 0.717) is 17.9 Å². The van der Waals surface area contributed by atoms with Crippen molar-refractivity contribution < 1.29 is 24.2 Å². The van der Waals surface area contributed by atoms with Crippen LogP contribution in [0.1, 0.15) is 55.3 Å². The Morgan fingerprint density at radius 1 is 1.08 bits per heavy atom. The number of ether oxygens (including phenoxy) is 2. The second kappa shape index (κ2) is 10.2. The molecule has 1 aliphatic rings. The summed E-state index contributed by atoms with van der Waals surface area (Å²) >= 11 is 1.44. The largest absolute Gasteiger partial charge is 0.507 e. The third-order valence-corrected chi connectivity index (χ3v) is 7.13. The summed E-state index contributed by atoms with van der Waals surface area (Å²) in [5.74, 6) is -0.121. The van der Waals surface area contributed by atoms with Gasteiger partial charge in [-0.2, -0.15) is 0 Å². The van der Waals surface area contributed by atoms with Crippen LogP contribution in [0.3, 0.4) is 0 Å². The summed E-state index contributed by atoms with van der Waals surface area (Å²) in [7, 11) is 1.58. The van der Waals surface area contributed by atoms with Crippen molar-refractivity contribution in [1.82, 2.24) is 4.90 Å². The molecule has 0 bridgehead atoms. The SMILES string of the molecule is CCOc1ccc(/C(O)=C2/C(=O)C(=O)N(Cc3cccc(OC)c3)C2c2cccs2)cc1C(C)(C)C. The number of methoxy groups -OCH3 is 1. The molecule has 188 valence electrons. The summed E-state index contributed by atoms with van der Waals surface area (Å²) in [5.41, 5.74) is 2.05. The molecule has 2 heterocycles. The van der Waals surface area contributed by atoms with Crippen LogP contribution in [0, 0.1) is 0 Å². The molecule has 3 aromatic rings. The molecule has 1 unspecified atom stereocenters. The second-order valence-corrected chi connectivity index (χ2v) is 10.7. The molecule has 1 atom stereocenters. The minimum atomic E-state index is -0.694. The van der Waals surface area contributed by atoms with Gasteiger partial charge < -0.3 is 19.5 Å². The summed E-state index contributed by atoms with van der Waals surface area (Å²) < 4.78 is 11.1. The maximum absolute atomic E-state index is 13.3. The predicted octanol–water partition coefficient (Wildman–Crippen LogP) is 6.07. The topological polar surface area (TPSA) is 76.1 Å². The van der Waals surface area contributed by atoms with Crippen LogP contribution in [0.2, 0.25) is 0 Å². The van der Waals surface area contributed by atoms with Crippen molar-refractivity contribution in [1.29, 1.82) is 0 Å². The summed E-state index contributed by atoms with van der Waals surface area (Å²) in [6, 6.07) is 15.9. The van der Waals surface area contributed by atoms with Crippen molar-refractivity contribution in [3.05, 3.63) is 87.1 Å². The fourth-order valence-electron chi connectivity index (χ4n) is 4.45. The summed E-state index contributed by atoms with van der Waals surface area (Å²) in [4.78, 5) is 28.9. The number of amides is 1. The highest BCUT2D eigenvalue weighted by molar-refractivity contribution is 7.10. The van der Waals surface area contributed by atoms with E-state index in [0.717, 1.165) is 21.8 Å². The van der Waals surface area contributed by atoms with E-state index in [2.05, 4.69) is 20.8 Å². The maximum atomic E-state index is 13.3. The number of likely N-dealkylation sites (tertiary alicyclic amines) is 1. The van der Waals surface area contributed by atoms with Crippen molar-refractivity contribution in [2.45, 2.75) is 45.7 Å². The molecule has 1 amide bonds. The molecule has 7 heteroatoms. The zero-order chi connectivity index (χ0) is 26.0. The van der Waals surface area contributed by atoms with E-state index in [1.807, 2.05) is 60.8 Å². The molecule has 1 aliphatic heterocycles. The Morgan fingerprint density at radius 2 is 1.86 bits per heavy atom. The number of hydrogen-bond acceptors (Lipinski definition) is 6.